The van der Waals surface area contributed by atoms with Gasteiger partial charge in [-0.2, -0.15) is 4.98 Å². The first-order chi connectivity index (χ1) is 16.2. The van der Waals surface area contributed by atoms with E-state index >= 15 is 0 Å². The summed E-state index contributed by atoms with van der Waals surface area (Å²) < 4.78 is 44.2. The molecule has 0 radical (unpaired) electrons. The Kier molecular flexibility index (Phi) is 9.61. The van der Waals surface area contributed by atoms with E-state index in [9.17, 15) is 18.0 Å². The van der Waals surface area contributed by atoms with Crippen LogP contribution in [0.2, 0.25) is 18.1 Å². The van der Waals surface area contributed by atoms with Crippen molar-refractivity contribution in [1.82, 2.24) is 14.7 Å². The first-order valence-electron chi connectivity index (χ1n) is 10.5. The molecule has 2 rings (SSSR count). The number of nitrogens with zero attached hydrogens (tertiary/aromatic N) is 2. The average Bonchev–Trinajstić information content (AvgIpc) is 2.74. The van der Waals surface area contributed by atoms with E-state index in [-0.39, 0.29) is 35.6 Å². The lowest BCUT2D eigenvalue weighted by atomic mass is 10.2. The second kappa shape index (κ2) is 11.6. The highest BCUT2D eigenvalue weighted by Crippen LogP contribution is 2.36. The second-order valence-corrected chi connectivity index (χ2v) is 16.4. The van der Waals surface area contributed by atoms with Gasteiger partial charge in [-0.25, -0.2) is 27.7 Å². The lowest BCUT2D eigenvalue weighted by molar-refractivity contribution is 0.0437. The van der Waals surface area contributed by atoms with E-state index in [0.717, 1.165) is 0 Å². The number of nitrogens with one attached hydrogen (secondary N) is 2. The zero-order chi connectivity index (χ0) is 26.4. The lowest BCUT2D eigenvalue weighted by Gasteiger charge is -2.36. The number of anilines is 1. The summed E-state index contributed by atoms with van der Waals surface area (Å²) in [6, 6.07) is 5.84. The number of rotatable bonds is 9. The number of carbonyl (C=O) groups excluding carboxylic acids is 2. The van der Waals surface area contributed by atoms with Gasteiger partial charge in [-0.1, -0.05) is 32.9 Å². The molecule has 0 aliphatic heterocycles. The molecule has 0 fully saturated rings. The molecule has 192 valence electrons. The number of halogens is 1. The quantitative estimate of drug-likeness (QED) is 0.138. The van der Waals surface area contributed by atoms with E-state index in [1.807, 2.05) is 27.3 Å². The van der Waals surface area contributed by atoms with Crippen molar-refractivity contribution in [3.8, 4) is 5.88 Å². The largest absolute Gasteiger partial charge is 0.481 e. The Morgan fingerprint density at radius 1 is 1.11 bits per heavy atom. The molecular formula is C21H29IN4O7SSi. The third-order valence-electron chi connectivity index (χ3n) is 5.31. The molecule has 0 aliphatic rings. The average molecular weight is 637 g/mol. The van der Waals surface area contributed by atoms with Crippen LogP contribution in [-0.4, -0.2) is 59.0 Å². The summed E-state index contributed by atoms with van der Waals surface area (Å²) in [6.07, 6.45) is 0. The fraction of sp³-hybridized carbons (Fsp3) is 0.429. The molecule has 0 spiro atoms. The van der Waals surface area contributed by atoms with Gasteiger partial charge in [0.05, 0.1) is 19.3 Å². The number of aromatic nitrogens is 2. The predicted octanol–water partition coefficient (Wildman–Crippen LogP) is 3.78. The van der Waals surface area contributed by atoms with Crippen molar-refractivity contribution in [2.45, 2.75) is 43.8 Å². The zero-order valence-corrected chi connectivity index (χ0v) is 24.3. The number of esters is 1. The maximum absolute atomic E-state index is 12.9. The van der Waals surface area contributed by atoms with Crippen LogP contribution in [0.4, 0.5) is 10.7 Å². The van der Waals surface area contributed by atoms with E-state index in [0.29, 0.717) is 3.70 Å². The Labute approximate surface area is 219 Å². The molecule has 0 unspecified atom stereocenters. The second-order valence-electron chi connectivity index (χ2n) is 8.86. The van der Waals surface area contributed by atoms with Crippen LogP contribution < -0.4 is 14.8 Å². The fourth-order valence-corrected chi connectivity index (χ4v) is 5.08. The highest BCUT2D eigenvalue weighted by atomic mass is 127. The van der Waals surface area contributed by atoms with Crippen molar-refractivity contribution in [3.05, 3.63) is 39.6 Å². The SMILES string of the molecule is COc1cc(I)nc(NC(=O)NS(=O)(=O)c2ccccc2C(=O)OCCO[Si](C)(C)C(C)(C)C)n1. The molecule has 2 aromatic rings. The van der Waals surface area contributed by atoms with Gasteiger partial charge in [0.15, 0.2) is 8.32 Å². The molecule has 11 nitrogen and oxygen atoms in total. The van der Waals surface area contributed by atoms with Crippen molar-refractivity contribution in [2.24, 2.45) is 0 Å². The summed E-state index contributed by atoms with van der Waals surface area (Å²) in [4.78, 5) is 32.5. The van der Waals surface area contributed by atoms with Crippen LogP contribution in [0.15, 0.2) is 35.2 Å². The number of amides is 2. The Balaban J connectivity index is 2.08. The van der Waals surface area contributed by atoms with E-state index < -0.39 is 35.2 Å². The minimum Gasteiger partial charge on any atom is -0.481 e. The summed E-state index contributed by atoms with van der Waals surface area (Å²) in [5.41, 5.74) is -0.215. The van der Waals surface area contributed by atoms with Crippen molar-refractivity contribution in [2.75, 3.05) is 25.6 Å². The van der Waals surface area contributed by atoms with E-state index in [1.54, 1.807) is 0 Å². The molecular weight excluding hydrogens is 607 g/mol. The molecule has 1 heterocycles. The van der Waals surface area contributed by atoms with Gasteiger partial charge in [0.2, 0.25) is 11.8 Å². The van der Waals surface area contributed by atoms with Gasteiger partial charge in [0.1, 0.15) is 15.2 Å². The lowest BCUT2D eigenvalue weighted by Crippen LogP contribution is -2.41. The predicted molar refractivity (Wildman–Crippen MR) is 141 cm³/mol. The monoisotopic (exact) mass is 636 g/mol. The number of hydrogen-bond acceptors (Lipinski definition) is 9. The smallest absolute Gasteiger partial charge is 0.339 e. The summed E-state index contributed by atoms with van der Waals surface area (Å²) >= 11 is 1.89. The number of sulfonamides is 1. The normalized spacial score (nSPS) is 12.1. The maximum atomic E-state index is 12.9. The summed E-state index contributed by atoms with van der Waals surface area (Å²) in [7, 11) is -5.06. The first kappa shape index (κ1) is 28.9. The number of ether oxygens (including phenoxy) is 2. The van der Waals surface area contributed by atoms with E-state index in [2.05, 4.69) is 49.1 Å². The fourth-order valence-electron chi connectivity index (χ4n) is 2.46. The summed E-state index contributed by atoms with van der Waals surface area (Å²) in [5, 5.41) is 2.23. The van der Waals surface area contributed by atoms with E-state index in [1.165, 1.54) is 37.4 Å². The molecule has 2 N–H and O–H groups in total. The van der Waals surface area contributed by atoms with Crippen LogP contribution in [0, 0.1) is 3.70 Å². The number of hydrogen-bond donors (Lipinski definition) is 2. The van der Waals surface area contributed by atoms with Crippen molar-refractivity contribution < 1.29 is 31.9 Å². The van der Waals surface area contributed by atoms with Crippen molar-refractivity contribution in [3.63, 3.8) is 0 Å². The third kappa shape index (κ3) is 8.11. The highest BCUT2D eigenvalue weighted by molar-refractivity contribution is 14.1. The molecule has 14 heteroatoms. The van der Waals surface area contributed by atoms with Gasteiger partial charge >= 0.3 is 12.0 Å². The minimum atomic E-state index is -4.43. The van der Waals surface area contributed by atoms with Gasteiger partial charge in [0.25, 0.3) is 10.0 Å². The Bertz CT molecular complexity index is 1190. The van der Waals surface area contributed by atoms with Gasteiger partial charge in [-0.3, -0.25) is 5.32 Å². The standard InChI is InChI=1S/C21H29IN4O7SSi/c1-21(2,3)35(5,6)33-12-11-32-18(27)14-9-7-8-10-15(14)34(29,30)26-20(28)25-19-23-16(22)13-17(24-19)31-4/h7-10,13H,11-12H2,1-6H3,(H2,23,24,25,26,28). The molecule has 1 aromatic heterocycles. The summed E-state index contributed by atoms with van der Waals surface area (Å²) in [5.74, 6) is -0.819. The van der Waals surface area contributed by atoms with Crippen LogP contribution >= 0.6 is 22.6 Å². The van der Waals surface area contributed by atoms with Gasteiger partial charge in [-0.15, -0.1) is 0 Å². The molecule has 0 bridgehead atoms. The Morgan fingerprint density at radius 2 is 1.77 bits per heavy atom. The van der Waals surface area contributed by atoms with Gasteiger partial charge in [0, 0.05) is 6.07 Å². The number of methoxy groups -OCH3 is 1. The van der Waals surface area contributed by atoms with Crippen LogP contribution in [0.5, 0.6) is 5.88 Å². The molecule has 1 aromatic carbocycles. The molecule has 0 saturated heterocycles. The number of urea groups is 1. The molecule has 2 amide bonds. The maximum Gasteiger partial charge on any atom is 0.339 e. The number of benzene rings is 1. The van der Waals surface area contributed by atoms with E-state index in [4.69, 9.17) is 13.9 Å². The van der Waals surface area contributed by atoms with Crippen LogP contribution in [0.1, 0.15) is 31.1 Å². The topological polar surface area (TPSA) is 146 Å². The minimum absolute atomic E-state index is 0.00186. The highest BCUT2D eigenvalue weighted by Gasteiger charge is 2.37. The van der Waals surface area contributed by atoms with Crippen LogP contribution in [0.25, 0.3) is 0 Å². The summed E-state index contributed by atoms with van der Waals surface area (Å²) in [6.45, 7) is 10.6. The van der Waals surface area contributed by atoms with Crippen LogP contribution in [-0.2, 0) is 19.2 Å². The molecule has 0 atom stereocenters. The number of carbonyl (C=O) groups is 2. The molecule has 0 aliphatic carbocycles. The molecule has 35 heavy (non-hydrogen) atoms. The Hall–Kier alpha value is -2.30. The van der Waals surface area contributed by atoms with Crippen molar-refractivity contribution >= 4 is 58.9 Å². The third-order valence-corrected chi connectivity index (χ3v) is 11.8. The first-order valence-corrected chi connectivity index (χ1v) is 16.0. The van der Waals surface area contributed by atoms with Gasteiger partial charge < -0.3 is 13.9 Å². The molecule has 0 saturated carbocycles. The van der Waals surface area contributed by atoms with Crippen LogP contribution in [0.3, 0.4) is 0 Å². The zero-order valence-electron chi connectivity index (χ0n) is 20.3. The Morgan fingerprint density at radius 3 is 2.40 bits per heavy atom. The van der Waals surface area contributed by atoms with Gasteiger partial charge in [-0.05, 0) is 52.9 Å². The van der Waals surface area contributed by atoms with Crippen molar-refractivity contribution in [1.29, 1.82) is 0 Å².